The van der Waals surface area contributed by atoms with Crippen molar-refractivity contribution in [1.29, 1.82) is 0 Å². The number of benzene rings is 1. The van der Waals surface area contributed by atoms with Gasteiger partial charge in [-0.3, -0.25) is 9.59 Å². The van der Waals surface area contributed by atoms with Crippen molar-refractivity contribution in [3.63, 3.8) is 0 Å². The molecular weight excluding hydrogens is 360 g/mol. The lowest BCUT2D eigenvalue weighted by atomic mass is 10.2. The zero-order valence-corrected chi connectivity index (χ0v) is 15.6. The second kappa shape index (κ2) is 9.34. The minimum absolute atomic E-state index is 0.115. The van der Waals surface area contributed by atoms with E-state index in [1.54, 1.807) is 25.1 Å². The molecule has 0 atom stereocenters. The van der Waals surface area contributed by atoms with Crippen LogP contribution in [0.25, 0.3) is 6.08 Å². The molecular formula is C18H19ClN2O3S. The van der Waals surface area contributed by atoms with Gasteiger partial charge in [0, 0.05) is 23.0 Å². The molecule has 0 N–H and O–H groups in total. The van der Waals surface area contributed by atoms with E-state index in [2.05, 4.69) is 4.98 Å². The average molecular weight is 379 g/mol. The molecule has 7 heteroatoms. The van der Waals surface area contributed by atoms with Gasteiger partial charge < -0.3 is 9.64 Å². The fourth-order valence-electron chi connectivity index (χ4n) is 2.10. The topological polar surface area (TPSA) is 59.5 Å². The zero-order chi connectivity index (χ0) is 18.2. The number of rotatable bonds is 7. The molecule has 25 heavy (non-hydrogen) atoms. The summed E-state index contributed by atoms with van der Waals surface area (Å²) in [6, 6.07) is 7.14. The van der Waals surface area contributed by atoms with E-state index in [9.17, 15) is 9.59 Å². The van der Waals surface area contributed by atoms with Gasteiger partial charge in [0.15, 0.2) is 0 Å². The van der Waals surface area contributed by atoms with Gasteiger partial charge in [0.2, 0.25) is 5.91 Å². The first kappa shape index (κ1) is 19.1. The molecule has 0 aliphatic heterocycles. The Morgan fingerprint density at radius 3 is 2.64 bits per heavy atom. The van der Waals surface area contributed by atoms with E-state index in [0.29, 0.717) is 5.02 Å². The van der Waals surface area contributed by atoms with Crippen molar-refractivity contribution in [3.05, 3.63) is 57.0 Å². The first-order chi connectivity index (χ1) is 12.0. The van der Waals surface area contributed by atoms with E-state index < -0.39 is 5.97 Å². The number of thiazole rings is 1. The molecule has 1 aromatic heterocycles. The summed E-state index contributed by atoms with van der Waals surface area (Å²) >= 11 is 7.40. The monoisotopic (exact) mass is 378 g/mol. The molecule has 0 aliphatic carbocycles. The highest BCUT2D eigenvalue weighted by molar-refractivity contribution is 7.09. The molecule has 0 radical (unpaired) electrons. The van der Waals surface area contributed by atoms with Crippen LogP contribution < -0.4 is 0 Å². The van der Waals surface area contributed by atoms with Crippen LogP contribution in [0, 0.1) is 6.92 Å². The number of hydrogen-bond acceptors (Lipinski definition) is 5. The average Bonchev–Trinajstić information content (AvgIpc) is 2.99. The number of aryl methyl sites for hydroxylation is 1. The van der Waals surface area contributed by atoms with E-state index in [0.717, 1.165) is 16.3 Å². The first-order valence-electron chi connectivity index (χ1n) is 7.77. The molecule has 0 aliphatic rings. The second-order valence-corrected chi connectivity index (χ2v) is 6.75. The number of ether oxygens (including phenoxy) is 1. The molecule has 0 saturated carbocycles. The maximum atomic E-state index is 12.5. The summed E-state index contributed by atoms with van der Waals surface area (Å²) in [5.41, 5.74) is 1.60. The zero-order valence-electron chi connectivity index (χ0n) is 14.1. The third-order valence-electron chi connectivity index (χ3n) is 3.26. The van der Waals surface area contributed by atoms with Crippen LogP contribution in [0.15, 0.2) is 35.7 Å². The molecule has 5 nitrogen and oxygen atoms in total. The minimum atomic E-state index is -0.442. The molecule has 132 valence electrons. The Hall–Kier alpha value is -2.18. The summed E-state index contributed by atoms with van der Waals surface area (Å²) in [7, 11) is 0. The Morgan fingerprint density at radius 2 is 2.04 bits per heavy atom. The number of amides is 1. The normalized spacial score (nSPS) is 10.8. The van der Waals surface area contributed by atoms with Crippen molar-refractivity contribution in [2.75, 3.05) is 13.2 Å². The van der Waals surface area contributed by atoms with Gasteiger partial charge in [-0.1, -0.05) is 23.7 Å². The quantitative estimate of drug-likeness (QED) is 0.544. The second-order valence-electron chi connectivity index (χ2n) is 5.25. The number of aromatic nitrogens is 1. The number of carbonyl (C=O) groups excluding carboxylic acids is 2. The number of halogens is 1. The van der Waals surface area contributed by atoms with E-state index in [1.165, 1.54) is 22.3 Å². The van der Waals surface area contributed by atoms with E-state index in [-0.39, 0.29) is 25.6 Å². The maximum Gasteiger partial charge on any atom is 0.325 e. The minimum Gasteiger partial charge on any atom is -0.465 e. The highest BCUT2D eigenvalue weighted by atomic mass is 35.5. The lowest BCUT2D eigenvalue weighted by molar-refractivity contribution is -0.148. The number of nitrogens with zero attached hydrogens (tertiary/aromatic N) is 2. The fourth-order valence-corrected chi connectivity index (χ4v) is 2.81. The Morgan fingerprint density at radius 1 is 1.32 bits per heavy atom. The third kappa shape index (κ3) is 6.32. The van der Waals surface area contributed by atoms with Gasteiger partial charge in [0.1, 0.15) is 6.54 Å². The van der Waals surface area contributed by atoms with Crippen molar-refractivity contribution in [2.24, 2.45) is 0 Å². The Balaban J connectivity index is 2.11. The van der Waals surface area contributed by atoms with Gasteiger partial charge in [-0.2, -0.15) is 0 Å². The Bertz CT molecular complexity index is 756. The van der Waals surface area contributed by atoms with Gasteiger partial charge in [-0.05, 0) is 37.6 Å². The largest absolute Gasteiger partial charge is 0.465 e. The lowest BCUT2D eigenvalue weighted by Crippen LogP contribution is -2.35. The van der Waals surface area contributed by atoms with Crippen molar-refractivity contribution in [3.8, 4) is 0 Å². The van der Waals surface area contributed by atoms with Crippen LogP contribution in [-0.2, 0) is 20.9 Å². The Kier molecular flexibility index (Phi) is 7.16. The molecule has 0 fully saturated rings. The fraction of sp³-hybridized carbons (Fsp3) is 0.278. The first-order valence-corrected chi connectivity index (χ1v) is 9.03. The van der Waals surface area contributed by atoms with Crippen LogP contribution in [0.1, 0.15) is 23.2 Å². The molecule has 0 spiro atoms. The number of carbonyl (C=O) groups is 2. The molecule has 0 bridgehead atoms. The van der Waals surface area contributed by atoms with Crippen molar-refractivity contribution >= 4 is 40.9 Å². The molecule has 2 rings (SSSR count). The highest BCUT2D eigenvalue weighted by Crippen LogP contribution is 2.13. The predicted octanol–water partition coefficient (Wildman–Crippen LogP) is 3.71. The number of esters is 1. The van der Waals surface area contributed by atoms with Crippen LogP contribution in [0.2, 0.25) is 5.02 Å². The molecule has 0 saturated heterocycles. The van der Waals surface area contributed by atoms with Gasteiger partial charge >= 0.3 is 5.97 Å². The Labute approximate surface area is 155 Å². The molecule has 0 unspecified atom stereocenters. The van der Waals surface area contributed by atoms with Crippen LogP contribution in [0.4, 0.5) is 0 Å². The predicted molar refractivity (Wildman–Crippen MR) is 99.4 cm³/mol. The molecule has 1 heterocycles. The summed E-state index contributed by atoms with van der Waals surface area (Å²) in [6.07, 6.45) is 3.06. The van der Waals surface area contributed by atoms with Gasteiger partial charge in [-0.25, -0.2) is 4.98 Å². The van der Waals surface area contributed by atoms with Crippen LogP contribution in [0.5, 0.6) is 0 Å². The molecule has 1 aromatic carbocycles. The summed E-state index contributed by atoms with van der Waals surface area (Å²) in [5, 5.41) is 3.41. The van der Waals surface area contributed by atoms with Gasteiger partial charge in [0.25, 0.3) is 0 Å². The van der Waals surface area contributed by atoms with Gasteiger partial charge in [0.05, 0.1) is 17.3 Å². The van der Waals surface area contributed by atoms with Crippen LogP contribution in [-0.4, -0.2) is 34.9 Å². The third-order valence-corrected chi connectivity index (χ3v) is 4.30. The van der Waals surface area contributed by atoms with Crippen molar-refractivity contribution < 1.29 is 14.3 Å². The SMILES string of the molecule is CCOC(=O)CN(Cc1ccc(Cl)cc1)C(=O)/C=C\c1csc(C)n1. The van der Waals surface area contributed by atoms with Crippen molar-refractivity contribution in [2.45, 2.75) is 20.4 Å². The lowest BCUT2D eigenvalue weighted by Gasteiger charge is -2.20. The van der Waals surface area contributed by atoms with Gasteiger partial charge in [-0.15, -0.1) is 11.3 Å². The highest BCUT2D eigenvalue weighted by Gasteiger charge is 2.16. The maximum absolute atomic E-state index is 12.5. The van der Waals surface area contributed by atoms with Crippen LogP contribution >= 0.6 is 22.9 Å². The van der Waals surface area contributed by atoms with Crippen molar-refractivity contribution in [1.82, 2.24) is 9.88 Å². The van der Waals surface area contributed by atoms with E-state index in [4.69, 9.17) is 16.3 Å². The van der Waals surface area contributed by atoms with Crippen LogP contribution in [0.3, 0.4) is 0 Å². The number of hydrogen-bond donors (Lipinski definition) is 0. The summed E-state index contributed by atoms with van der Waals surface area (Å²) in [5.74, 6) is -0.726. The smallest absolute Gasteiger partial charge is 0.325 e. The summed E-state index contributed by atoms with van der Waals surface area (Å²) in [4.78, 5) is 30.0. The standard InChI is InChI=1S/C18H19ClN2O3S/c1-3-24-18(23)11-21(10-14-4-6-15(19)7-5-14)17(22)9-8-16-12-25-13(2)20-16/h4-9,12H,3,10-11H2,1-2H3/b9-8-. The van der Waals surface area contributed by atoms with E-state index in [1.807, 2.05) is 24.4 Å². The molecule has 1 amide bonds. The summed E-state index contributed by atoms with van der Waals surface area (Å²) < 4.78 is 4.96. The van der Waals surface area contributed by atoms with E-state index >= 15 is 0 Å². The molecule has 2 aromatic rings. The summed E-state index contributed by atoms with van der Waals surface area (Å²) in [6.45, 7) is 4.08.